The van der Waals surface area contributed by atoms with E-state index in [4.69, 9.17) is 19.9 Å². The minimum Gasteiger partial charge on any atom is -0.449 e. The van der Waals surface area contributed by atoms with Crippen LogP contribution in [0.4, 0.5) is 14.9 Å². The summed E-state index contributed by atoms with van der Waals surface area (Å²) in [6.45, 7) is 1.80. The monoisotopic (exact) mass is 471 g/mol. The Kier molecular flexibility index (Phi) is 5.97. The van der Waals surface area contributed by atoms with Gasteiger partial charge in [-0.15, -0.1) is 0 Å². The number of carbonyl (C=O) groups is 1. The van der Waals surface area contributed by atoms with Crippen molar-refractivity contribution in [3.05, 3.63) is 40.1 Å². The van der Waals surface area contributed by atoms with E-state index in [-0.39, 0.29) is 33.7 Å². The SMILES string of the molecule is CC(COC(N)=O)Sc1nonc1C1=NOC(=C=O)N1c1ccc(F)c(Br)c1. The van der Waals surface area contributed by atoms with Gasteiger partial charge in [0.15, 0.2) is 16.7 Å². The zero-order chi connectivity index (χ0) is 20.3. The lowest BCUT2D eigenvalue weighted by molar-refractivity contribution is 0.158. The third-order valence-electron chi connectivity index (χ3n) is 3.33. The molecule has 0 radical (unpaired) electrons. The van der Waals surface area contributed by atoms with Crippen LogP contribution in [0, 0.1) is 5.82 Å². The minimum absolute atomic E-state index is 0.0311. The van der Waals surface area contributed by atoms with Gasteiger partial charge in [0, 0.05) is 5.25 Å². The van der Waals surface area contributed by atoms with Crippen LogP contribution in [0.3, 0.4) is 0 Å². The lowest BCUT2D eigenvalue weighted by Gasteiger charge is -2.17. The molecule has 2 heterocycles. The summed E-state index contributed by atoms with van der Waals surface area (Å²) in [5.74, 6) is 0.957. The number of thioether (sulfide) groups is 1. The van der Waals surface area contributed by atoms with Gasteiger partial charge in [0.05, 0.1) is 10.2 Å². The number of amides is 1. The standard InChI is InChI=1S/C15H11BrFN5O5S/c1-7(6-25-15(18)24)28-14-12(19-27-21-14)13-20-26-11(5-23)22(13)8-2-3-10(17)9(16)4-8/h2-4,7H,6H2,1H3,(H2,18,24). The van der Waals surface area contributed by atoms with E-state index < -0.39 is 11.9 Å². The van der Waals surface area contributed by atoms with Gasteiger partial charge in [0.2, 0.25) is 5.84 Å². The lowest BCUT2D eigenvalue weighted by atomic mass is 10.2. The van der Waals surface area contributed by atoms with Gasteiger partial charge in [-0.25, -0.2) is 23.5 Å². The number of hydrogen-bond donors (Lipinski definition) is 1. The molecule has 1 aliphatic heterocycles. The number of anilines is 1. The van der Waals surface area contributed by atoms with Crippen molar-refractivity contribution in [2.24, 2.45) is 10.9 Å². The average molecular weight is 472 g/mol. The quantitative estimate of drug-likeness (QED) is 0.497. The lowest BCUT2D eigenvalue weighted by Crippen LogP contribution is -2.28. The molecule has 0 spiro atoms. The average Bonchev–Trinajstić information content (AvgIpc) is 3.28. The van der Waals surface area contributed by atoms with Gasteiger partial charge in [-0.2, -0.15) is 0 Å². The van der Waals surface area contributed by atoms with Crippen molar-refractivity contribution in [3.63, 3.8) is 0 Å². The molecule has 0 fully saturated rings. The normalized spacial score (nSPS) is 14.3. The highest BCUT2D eigenvalue weighted by molar-refractivity contribution is 9.10. The molecule has 2 aromatic rings. The summed E-state index contributed by atoms with van der Waals surface area (Å²) in [6, 6.07) is 4.06. The minimum atomic E-state index is -0.895. The maximum atomic E-state index is 13.6. The van der Waals surface area contributed by atoms with Crippen LogP contribution >= 0.6 is 27.7 Å². The number of nitrogens with zero attached hydrogens (tertiary/aromatic N) is 4. The fourth-order valence-electron chi connectivity index (χ4n) is 2.16. The van der Waals surface area contributed by atoms with E-state index in [2.05, 4.69) is 31.4 Å². The molecule has 28 heavy (non-hydrogen) atoms. The highest BCUT2D eigenvalue weighted by Gasteiger charge is 2.34. The second-order valence-corrected chi connectivity index (χ2v) is 7.61. The summed E-state index contributed by atoms with van der Waals surface area (Å²) in [5, 5.41) is 11.5. The summed E-state index contributed by atoms with van der Waals surface area (Å²) in [6.07, 6.45) is -0.895. The second kappa shape index (κ2) is 8.42. The van der Waals surface area contributed by atoms with Crippen molar-refractivity contribution >= 4 is 51.2 Å². The van der Waals surface area contributed by atoms with Crippen molar-refractivity contribution in [3.8, 4) is 0 Å². The van der Waals surface area contributed by atoms with E-state index >= 15 is 0 Å². The Balaban J connectivity index is 1.90. The molecule has 0 saturated heterocycles. The van der Waals surface area contributed by atoms with E-state index in [1.807, 2.05) is 0 Å². The van der Waals surface area contributed by atoms with E-state index in [1.54, 1.807) is 12.9 Å². The number of nitrogens with two attached hydrogens (primary N) is 1. The molecule has 10 nitrogen and oxygen atoms in total. The van der Waals surface area contributed by atoms with Crippen LogP contribution < -0.4 is 10.6 Å². The first-order chi connectivity index (χ1) is 13.4. The molecule has 1 unspecified atom stereocenters. The highest BCUT2D eigenvalue weighted by atomic mass is 79.9. The molecule has 0 aliphatic carbocycles. The van der Waals surface area contributed by atoms with Crippen molar-refractivity contribution in [2.75, 3.05) is 11.5 Å². The number of carbonyl (C=O) groups excluding carboxylic acids is 2. The molecule has 146 valence electrons. The van der Waals surface area contributed by atoms with Crippen LogP contribution in [0.2, 0.25) is 0 Å². The Morgan fingerprint density at radius 3 is 2.96 bits per heavy atom. The number of halogens is 2. The van der Waals surface area contributed by atoms with Crippen LogP contribution in [-0.4, -0.2) is 40.0 Å². The number of ether oxygens (including phenoxy) is 1. The molecule has 13 heteroatoms. The summed E-state index contributed by atoms with van der Waals surface area (Å²) in [5.41, 5.74) is 5.49. The van der Waals surface area contributed by atoms with Crippen LogP contribution in [0.15, 0.2) is 43.4 Å². The molecule has 1 aromatic heterocycles. The Labute approximate surface area is 169 Å². The van der Waals surface area contributed by atoms with Gasteiger partial charge in [-0.1, -0.05) is 16.9 Å². The fraction of sp³-hybridized carbons (Fsp3) is 0.200. The molecule has 1 atom stereocenters. The number of hydrogen-bond acceptors (Lipinski definition) is 10. The van der Waals surface area contributed by atoms with Gasteiger partial charge in [0.25, 0.3) is 0 Å². The van der Waals surface area contributed by atoms with Crippen LogP contribution in [0.25, 0.3) is 0 Å². The number of amidine groups is 1. The molecule has 1 amide bonds. The molecule has 3 rings (SSSR count). The highest BCUT2D eigenvalue weighted by Crippen LogP contribution is 2.33. The maximum absolute atomic E-state index is 13.6. The number of oxime groups is 1. The third kappa shape index (κ3) is 4.16. The van der Waals surface area contributed by atoms with Gasteiger partial charge in [0.1, 0.15) is 12.4 Å². The zero-order valence-corrected chi connectivity index (χ0v) is 16.5. The summed E-state index contributed by atoms with van der Waals surface area (Å²) >= 11 is 4.26. The molecule has 2 N–H and O–H groups in total. The molecular formula is C15H11BrFN5O5S. The first kappa shape index (κ1) is 19.9. The first-order valence-electron chi connectivity index (χ1n) is 7.57. The van der Waals surface area contributed by atoms with Gasteiger partial charge < -0.3 is 15.3 Å². The smallest absolute Gasteiger partial charge is 0.404 e. The van der Waals surface area contributed by atoms with Crippen molar-refractivity contribution in [2.45, 2.75) is 17.2 Å². The predicted molar refractivity (Wildman–Crippen MR) is 98.6 cm³/mol. The van der Waals surface area contributed by atoms with Crippen LogP contribution in [0.5, 0.6) is 0 Å². The van der Waals surface area contributed by atoms with Gasteiger partial charge >= 0.3 is 12.0 Å². The van der Waals surface area contributed by atoms with Crippen molar-refractivity contribution in [1.82, 2.24) is 10.3 Å². The number of benzene rings is 1. The molecule has 0 saturated carbocycles. The summed E-state index contributed by atoms with van der Waals surface area (Å²) < 4.78 is 23.3. The largest absolute Gasteiger partial charge is 0.449 e. The Morgan fingerprint density at radius 2 is 2.29 bits per heavy atom. The molecule has 1 aliphatic rings. The Morgan fingerprint density at radius 1 is 1.50 bits per heavy atom. The second-order valence-electron chi connectivity index (χ2n) is 5.32. The fourth-order valence-corrected chi connectivity index (χ4v) is 3.36. The Bertz CT molecular complexity index is 993. The van der Waals surface area contributed by atoms with Gasteiger partial charge in [-0.3, -0.25) is 0 Å². The van der Waals surface area contributed by atoms with Crippen molar-refractivity contribution < 1.29 is 28.2 Å². The summed E-state index contributed by atoms with van der Waals surface area (Å²) in [4.78, 5) is 28.3. The predicted octanol–water partition coefficient (Wildman–Crippen LogP) is 2.42. The first-order valence-corrected chi connectivity index (χ1v) is 9.25. The topological polar surface area (TPSA) is 133 Å². The van der Waals surface area contributed by atoms with Crippen LogP contribution in [0.1, 0.15) is 12.6 Å². The van der Waals surface area contributed by atoms with E-state index in [0.29, 0.717) is 10.7 Å². The van der Waals surface area contributed by atoms with Gasteiger partial charge in [-0.05, 0) is 51.4 Å². The van der Waals surface area contributed by atoms with Crippen LogP contribution in [-0.2, 0) is 14.4 Å². The van der Waals surface area contributed by atoms with Crippen molar-refractivity contribution in [1.29, 1.82) is 0 Å². The van der Waals surface area contributed by atoms with E-state index in [0.717, 1.165) is 0 Å². The number of aromatic nitrogens is 2. The molecule has 0 bridgehead atoms. The zero-order valence-electron chi connectivity index (χ0n) is 14.1. The number of primary amides is 1. The Hall–Kier alpha value is -2.89. The summed E-state index contributed by atoms with van der Waals surface area (Å²) in [7, 11) is 0. The molecular weight excluding hydrogens is 461 g/mol. The van der Waals surface area contributed by atoms with E-state index in [1.165, 1.54) is 34.9 Å². The number of rotatable bonds is 6. The van der Waals surface area contributed by atoms with E-state index in [9.17, 15) is 14.0 Å². The molecule has 1 aromatic carbocycles. The third-order valence-corrected chi connectivity index (χ3v) is 4.96. The maximum Gasteiger partial charge on any atom is 0.404 e.